The molecule has 0 amide bonds. The minimum Gasteiger partial charge on any atom is -0.339 e. The largest absolute Gasteiger partial charge is 0.339 e. The third-order valence-corrected chi connectivity index (χ3v) is 2.56. The maximum atomic E-state index is 11.7. The van der Waals surface area contributed by atoms with Gasteiger partial charge in [0.2, 0.25) is 0 Å². The van der Waals surface area contributed by atoms with E-state index in [0.29, 0.717) is 11.6 Å². The number of rotatable bonds is 4. The summed E-state index contributed by atoms with van der Waals surface area (Å²) < 4.78 is 0. The highest BCUT2D eigenvalue weighted by Gasteiger charge is 2.09. The molecule has 0 aliphatic carbocycles. The highest BCUT2D eigenvalue weighted by Crippen LogP contribution is 2.15. The fraction of sp³-hybridized carbons (Fsp3) is 0.0833. The Morgan fingerprint density at radius 2 is 2.11 bits per heavy atom. The first kappa shape index (κ1) is 12.3. The van der Waals surface area contributed by atoms with E-state index in [-0.39, 0.29) is 17.0 Å². The van der Waals surface area contributed by atoms with Crippen LogP contribution in [-0.2, 0) is 5.88 Å². The second kappa shape index (κ2) is 5.46. The van der Waals surface area contributed by atoms with Crippen LogP contribution in [0, 0.1) is 5.41 Å². The number of nitrogens with zero attached hydrogens (tertiary/aromatic N) is 1. The van der Waals surface area contributed by atoms with Crippen LogP contribution in [0.2, 0.25) is 0 Å². The molecule has 1 heterocycles. The molecule has 18 heavy (non-hydrogen) atoms. The zero-order valence-corrected chi connectivity index (χ0v) is 10.2. The van der Waals surface area contributed by atoms with Gasteiger partial charge in [0.25, 0.3) is 5.56 Å². The molecule has 0 aliphatic heterocycles. The maximum absolute atomic E-state index is 11.7. The molecule has 5 nitrogen and oxygen atoms in total. The summed E-state index contributed by atoms with van der Waals surface area (Å²) in [6.45, 7) is 0. The molecule has 0 radical (unpaired) electrons. The van der Waals surface area contributed by atoms with Gasteiger partial charge in [0, 0.05) is 11.9 Å². The molecule has 3 N–H and O–H groups in total. The fourth-order valence-electron chi connectivity index (χ4n) is 1.48. The summed E-state index contributed by atoms with van der Waals surface area (Å²) in [6, 6.07) is 9.30. The Balaban J connectivity index is 2.46. The lowest BCUT2D eigenvalue weighted by Crippen LogP contribution is -2.18. The third kappa shape index (κ3) is 2.57. The van der Waals surface area contributed by atoms with Crippen LogP contribution < -0.4 is 10.9 Å². The van der Waals surface area contributed by atoms with Crippen LogP contribution in [0.4, 0.5) is 11.5 Å². The second-order valence-electron chi connectivity index (χ2n) is 3.54. The lowest BCUT2D eigenvalue weighted by atomic mass is 10.3. The molecule has 2 rings (SSSR count). The molecule has 1 aromatic heterocycles. The molecular weight excluding hydrogens is 252 g/mol. The van der Waals surface area contributed by atoms with E-state index in [1.807, 2.05) is 30.3 Å². The molecule has 0 bridgehead atoms. The molecule has 0 spiro atoms. The molecule has 0 saturated heterocycles. The summed E-state index contributed by atoms with van der Waals surface area (Å²) in [7, 11) is 0. The highest BCUT2D eigenvalue weighted by atomic mass is 35.5. The summed E-state index contributed by atoms with van der Waals surface area (Å²) in [5.74, 6) is 0.804. The van der Waals surface area contributed by atoms with Gasteiger partial charge in [-0.1, -0.05) is 18.2 Å². The van der Waals surface area contributed by atoms with Crippen molar-refractivity contribution in [2.75, 3.05) is 5.32 Å². The van der Waals surface area contributed by atoms with E-state index >= 15 is 0 Å². The van der Waals surface area contributed by atoms with E-state index in [1.165, 1.54) is 0 Å². The number of alkyl halides is 1. The van der Waals surface area contributed by atoms with Crippen LogP contribution in [0.5, 0.6) is 0 Å². The Morgan fingerprint density at radius 3 is 2.72 bits per heavy atom. The smallest absolute Gasteiger partial charge is 0.261 e. The third-order valence-electron chi connectivity index (χ3n) is 2.31. The van der Waals surface area contributed by atoms with Gasteiger partial charge in [-0.15, -0.1) is 11.6 Å². The molecule has 92 valence electrons. The molecular formula is C12H11ClN4O. The zero-order valence-electron chi connectivity index (χ0n) is 9.40. The van der Waals surface area contributed by atoms with Crippen molar-refractivity contribution in [2.24, 2.45) is 0 Å². The van der Waals surface area contributed by atoms with Crippen LogP contribution in [0.25, 0.3) is 0 Å². The fourth-order valence-corrected chi connectivity index (χ4v) is 1.61. The van der Waals surface area contributed by atoms with Crippen LogP contribution in [0.1, 0.15) is 11.4 Å². The standard InChI is InChI=1S/C12H11ClN4O/c13-6-10-16-11(9(7-14)12(18)17-10)15-8-4-2-1-3-5-8/h1-5,7,14H,6H2,(H2,15,16,17,18). The Hall–Kier alpha value is -2.14. The van der Waals surface area contributed by atoms with Gasteiger partial charge in [0.05, 0.1) is 11.4 Å². The number of H-pyrrole nitrogens is 1. The normalized spacial score (nSPS) is 10.1. The van der Waals surface area contributed by atoms with Crippen molar-refractivity contribution in [1.82, 2.24) is 9.97 Å². The van der Waals surface area contributed by atoms with E-state index in [4.69, 9.17) is 17.0 Å². The number of halogens is 1. The lowest BCUT2D eigenvalue weighted by molar-refractivity contribution is 0.998. The molecule has 0 unspecified atom stereocenters. The summed E-state index contributed by atoms with van der Waals surface area (Å²) in [6.07, 6.45) is 0.967. The van der Waals surface area contributed by atoms with Gasteiger partial charge in [0.15, 0.2) is 0 Å². The van der Waals surface area contributed by atoms with Crippen molar-refractivity contribution >= 4 is 29.3 Å². The summed E-state index contributed by atoms with van der Waals surface area (Å²) in [4.78, 5) is 18.4. The number of benzene rings is 1. The first-order chi connectivity index (χ1) is 8.74. The number of hydrogen-bond donors (Lipinski definition) is 3. The van der Waals surface area contributed by atoms with Gasteiger partial charge in [-0.25, -0.2) is 4.98 Å². The summed E-state index contributed by atoms with van der Waals surface area (Å²) in [5, 5.41) is 10.3. The van der Waals surface area contributed by atoms with Gasteiger partial charge in [-0.3, -0.25) is 4.79 Å². The van der Waals surface area contributed by atoms with Gasteiger partial charge >= 0.3 is 0 Å². The van der Waals surface area contributed by atoms with Crippen molar-refractivity contribution in [3.05, 3.63) is 52.1 Å². The monoisotopic (exact) mass is 262 g/mol. The topological polar surface area (TPSA) is 81.6 Å². The van der Waals surface area contributed by atoms with E-state index in [1.54, 1.807) is 0 Å². The van der Waals surface area contributed by atoms with Crippen LogP contribution >= 0.6 is 11.6 Å². The van der Waals surface area contributed by atoms with Gasteiger partial charge in [-0.2, -0.15) is 0 Å². The Morgan fingerprint density at radius 1 is 1.39 bits per heavy atom. The first-order valence-electron chi connectivity index (χ1n) is 5.26. The molecule has 1 aromatic carbocycles. The Kier molecular flexibility index (Phi) is 3.74. The second-order valence-corrected chi connectivity index (χ2v) is 3.81. The molecule has 2 aromatic rings. The van der Waals surface area contributed by atoms with Crippen LogP contribution in [0.15, 0.2) is 35.1 Å². The Labute approximate surface area is 108 Å². The van der Waals surface area contributed by atoms with Crippen molar-refractivity contribution < 1.29 is 0 Å². The molecule has 6 heteroatoms. The molecule has 0 saturated carbocycles. The SMILES string of the molecule is N=Cc1c(Nc2ccccc2)nc(CCl)[nH]c1=O. The summed E-state index contributed by atoms with van der Waals surface area (Å²) in [5.41, 5.74) is 0.584. The number of aromatic amines is 1. The maximum Gasteiger partial charge on any atom is 0.261 e. The number of anilines is 2. The van der Waals surface area contributed by atoms with Crippen molar-refractivity contribution in [1.29, 1.82) is 5.41 Å². The zero-order chi connectivity index (χ0) is 13.0. The van der Waals surface area contributed by atoms with E-state index in [0.717, 1.165) is 11.9 Å². The number of aromatic nitrogens is 2. The highest BCUT2D eigenvalue weighted by molar-refractivity contribution is 6.16. The number of hydrogen-bond acceptors (Lipinski definition) is 4. The van der Waals surface area contributed by atoms with Crippen LogP contribution in [0.3, 0.4) is 0 Å². The average molecular weight is 263 g/mol. The molecule has 0 fully saturated rings. The van der Waals surface area contributed by atoms with Crippen molar-refractivity contribution in [3.63, 3.8) is 0 Å². The van der Waals surface area contributed by atoms with E-state index < -0.39 is 0 Å². The van der Waals surface area contributed by atoms with Crippen molar-refractivity contribution in [3.8, 4) is 0 Å². The predicted octanol–water partition coefficient (Wildman–Crippen LogP) is 2.25. The molecule has 0 aliphatic rings. The Bertz CT molecular complexity index is 609. The number of nitrogens with one attached hydrogen (secondary N) is 3. The lowest BCUT2D eigenvalue weighted by Gasteiger charge is -2.08. The first-order valence-corrected chi connectivity index (χ1v) is 5.79. The minimum atomic E-state index is -0.380. The van der Waals surface area contributed by atoms with Gasteiger partial charge < -0.3 is 15.7 Å². The van der Waals surface area contributed by atoms with E-state index in [9.17, 15) is 4.79 Å². The average Bonchev–Trinajstić information content (AvgIpc) is 2.39. The molecule has 0 atom stereocenters. The number of para-hydroxylation sites is 1. The van der Waals surface area contributed by atoms with Gasteiger partial charge in [-0.05, 0) is 12.1 Å². The summed E-state index contributed by atoms with van der Waals surface area (Å²) >= 11 is 5.65. The minimum absolute atomic E-state index is 0.108. The van der Waals surface area contributed by atoms with Crippen LogP contribution in [-0.4, -0.2) is 16.2 Å². The quantitative estimate of drug-likeness (QED) is 0.584. The van der Waals surface area contributed by atoms with Gasteiger partial charge in [0.1, 0.15) is 11.6 Å². The van der Waals surface area contributed by atoms with E-state index in [2.05, 4.69) is 15.3 Å². The predicted molar refractivity (Wildman–Crippen MR) is 72.0 cm³/mol. The van der Waals surface area contributed by atoms with Crippen molar-refractivity contribution in [2.45, 2.75) is 5.88 Å².